The predicted octanol–water partition coefficient (Wildman–Crippen LogP) is 4.78. The highest BCUT2D eigenvalue weighted by Crippen LogP contribution is 2.34. The van der Waals surface area contributed by atoms with Crippen molar-refractivity contribution in [2.45, 2.75) is 4.90 Å². The van der Waals surface area contributed by atoms with Crippen LogP contribution in [0.3, 0.4) is 0 Å². The molecule has 0 unspecified atom stereocenters. The number of rotatable bonds is 10. The fourth-order valence-corrected chi connectivity index (χ4v) is 5.41. The number of anilines is 2. The lowest BCUT2D eigenvalue weighted by atomic mass is 10.1. The molecule has 11 heteroatoms. The Balaban J connectivity index is 2.04. The van der Waals surface area contributed by atoms with Crippen LogP contribution < -0.4 is 19.1 Å². The highest BCUT2D eigenvalue weighted by atomic mass is 35.5. The number of para-hydroxylation sites is 1. The summed E-state index contributed by atoms with van der Waals surface area (Å²) in [6, 6.07) is 15.1. The van der Waals surface area contributed by atoms with E-state index in [4.69, 9.17) is 25.8 Å². The van der Waals surface area contributed by atoms with Crippen LogP contribution in [-0.4, -0.2) is 48.2 Å². The van der Waals surface area contributed by atoms with Gasteiger partial charge in [-0.05, 0) is 30.3 Å². The first kappa shape index (κ1) is 27.6. The molecule has 1 amide bonds. The summed E-state index contributed by atoms with van der Waals surface area (Å²) in [5, 5.41) is 2.54. The molecule has 0 radical (unpaired) electrons. The lowest BCUT2D eigenvalue weighted by Gasteiger charge is -2.24. The van der Waals surface area contributed by atoms with Gasteiger partial charge in [-0.1, -0.05) is 35.9 Å². The molecule has 37 heavy (non-hydrogen) atoms. The molecule has 0 spiro atoms. The molecular formula is C26H25ClN2O7S. The molecule has 0 atom stereocenters. The van der Waals surface area contributed by atoms with Crippen LogP contribution >= 0.6 is 11.6 Å². The molecule has 3 aromatic carbocycles. The second kappa shape index (κ2) is 11.8. The van der Waals surface area contributed by atoms with Crippen molar-refractivity contribution >= 4 is 44.9 Å². The molecule has 1 N–H and O–H groups in total. The largest absolute Gasteiger partial charge is 0.493 e. The van der Waals surface area contributed by atoms with Crippen LogP contribution in [0.2, 0.25) is 5.02 Å². The van der Waals surface area contributed by atoms with E-state index in [1.807, 2.05) is 0 Å². The van der Waals surface area contributed by atoms with E-state index >= 15 is 0 Å². The van der Waals surface area contributed by atoms with E-state index in [2.05, 4.69) is 11.9 Å². The van der Waals surface area contributed by atoms with Crippen molar-refractivity contribution in [2.24, 2.45) is 0 Å². The number of carbonyl (C=O) groups is 2. The van der Waals surface area contributed by atoms with Crippen molar-refractivity contribution in [1.82, 2.24) is 0 Å². The van der Waals surface area contributed by atoms with Crippen LogP contribution in [0.15, 0.2) is 78.2 Å². The number of benzene rings is 3. The molecule has 0 heterocycles. The number of halogens is 1. The van der Waals surface area contributed by atoms with Gasteiger partial charge in [0.2, 0.25) is 0 Å². The third-order valence-electron chi connectivity index (χ3n) is 5.28. The van der Waals surface area contributed by atoms with Crippen molar-refractivity contribution in [1.29, 1.82) is 0 Å². The van der Waals surface area contributed by atoms with Crippen molar-refractivity contribution in [3.05, 3.63) is 89.5 Å². The number of hydrogen-bond donors (Lipinski definition) is 1. The second-order valence-corrected chi connectivity index (χ2v) is 9.74. The van der Waals surface area contributed by atoms with Crippen LogP contribution in [0.5, 0.6) is 11.5 Å². The molecule has 0 aromatic heterocycles. The monoisotopic (exact) mass is 544 g/mol. The Bertz CT molecular complexity index is 1430. The van der Waals surface area contributed by atoms with Crippen molar-refractivity contribution in [3.8, 4) is 11.5 Å². The number of nitrogens with zero attached hydrogens (tertiary/aromatic N) is 1. The van der Waals surface area contributed by atoms with Crippen LogP contribution in [0.25, 0.3) is 0 Å². The molecule has 0 saturated carbocycles. The van der Waals surface area contributed by atoms with Gasteiger partial charge in [-0.2, -0.15) is 0 Å². The lowest BCUT2D eigenvalue weighted by molar-refractivity contribution is 0.0601. The van der Waals surface area contributed by atoms with Crippen LogP contribution in [0, 0.1) is 0 Å². The van der Waals surface area contributed by atoms with E-state index in [9.17, 15) is 18.0 Å². The summed E-state index contributed by atoms with van der Waals surface area (Å²) in [5.74, 6) is -0.907. The minimum absolute atomic E-state index is 0.0107. The highest BCUT2D eigenvalue weighted by molar-refractivity contribution is 7.93. The van der Waals surface area contributed by atoms with E-state index in [1.165, 1.54) is 57.7 Å². The standard InChI is InChI=1S/C26H25ClN2O7S/c1-5-13-29(18-9-7-6-8-10-18)37(32,33)24-14-17(11-12-20(24)27)25(30)28-21-16-23(35-3)22(34-2)15-19(21)26(31)36-4/h5-12,14-16H,1,13H2,2-4H3,(H,28,30). The zero-order chi connectivity index (χ0) is 27.2. The zero-order valence-electron chi connectivity index (χ0n) is 20.4. The van der Waals surface area contributed by atoms with Crippen molar-refractivity contribution in [2.75, 3.05) is 37.5 Å². The Kier molecular flexibility index (Phi) is 8.80. The molecule has 3 rings (SSSR count). The smallest absolute Gasteiger partial charge is 0.340 e. The van der Waals surface area contributed by atoms with Crippen molar-refractivity contribution < 1.29 is 32.2 Å². The minimum atomic E-state index is -4.18. The Hall–Kier alpha value is -4.02. The molecule has 194 valence electrons. The quantitative estimate of drug-likeness (QED) is 0.289. The summed E-state index contributed by atoms with van der Waals surface area (Å²) < 4.78 is 43.6. The zero-order valence-corrected chi connectivity index (χ0v) is 21.9. The maximum atomic E-state index is 13.6. The SMILES string of the molecule is C=CCN(c1ccccc1)S(=O)(=O)c1cc(C(=O)Nc2cc(OC)c(OC)cc2C(=O)OC)ccc1Cl. The Morgan fingerprint density at radius 3 is 2.24 bits per heavy atom. The van der Waals surface area contributed by atoms with Gasteiger partial charge in [-0.15, -0.1) is 6.58 Å². The van der Waals surface area contributed by atoms with Gasteiger partial charge < -0.3 is 19.5 Å². The van der Waals surface area contributed by atoms with E-state index in [0.29, 0.717) is 5.69 Å². The molecule has 0 aliphatic carbocycles. The van der Waals surface area contributed by atoms with Gasteiger partial charge in [0.05, 0.1) is 49.8 Å². The number of ether oxygens (including phenoxy) is 3. The molecule has 3 aromatic rings. The highest BCUT2D eigenvalue weighted by Gasteiger charge is 2.28. The summed E-state index contributed by atoms with van der Waals surface area (Å²) in [6.07, 6.45) is 1.44. The van der Waals surface area contributed by atoms with E-state index in [-0.39, 0.29) is 44.8 Å². The summed E-state index contributed by atoms with van der Waals surface area (Å²) in [6.45, 7) is 3.62. The third kappa shape index (κ3) is 5.87. The number of methoxy groups -OCH3 is 3. The van der Waals surface area contributed by atoms with Gasteiger partial charge in [0.1, 0.15) is 4.90 Å². The second-order valence-electron chi connectivity index (χ2n) is 7.50. The summed E-state index contributed by atoms with van der Waals surface area (Å²) in [5.41, 5.74) is 0.476. The average Bonchev–Trinajstić information content (AvgIpc) is 2.91. The number of amides is 1. The fourth-order valence-electron chi connectivity index (χ4n) is 3.47. The van der Waals surface area contributed by atoms with Crippen LogP contribution in [0.4, 0.5) is 11.4 Å². The number of esters is 1. The first-order chi connectivity index (χ1) is 17.7. The van der Waals surface area contributed by atoms with Crippen LogP contribution in [0.1, 0.15) is 20.7 Å². The normalized spacial score (nSPS) is 10.8. The molecule has 0 bridgehead atoms. The molecule has 0 aliphatic heterocycles. The lowest BCUT2D eigenvalue weighted by Crippen LogP contribution is -2.31. The first-order valence-electron chi connectivity index (χ1n) is 10.8. The number of hydrogen-bond acceptors (Lipinski definition) is 7. The van der Waals surface area contributed by atoms with Crippen molar-refractivity contribution in [3.63, 3.8) is 0 Å². The Morgan fingerprint density at radius 1 is 1.00 bits per heavy atom. The van der Waals surface area contributed by atoms with E-state index < -0.39 is 21.9 Å². The first-order valence-corrected chi connectivity index (χ1v) is 12.6. The Morgan fingerprint density at radius 2 is 1.65 bits per heavy atom. The van der Waals surface area contributed by atoms with Gasteiger partial charge in [-0.3, -0.25) is 9.10 Å². The molecule has 0 fully saturated rings. The van der Waals surface area contributed by atoms with E-state index in [1.54, 1.807) is 30.3 Å². The van der Waals surface area contributed by atoms with Gasteiger partial charge in [0, 0.05) is 17.7 Å². The molecular weight excluding hydrogens is 520 g/mol. The van der Waals surface area contributed by atoms with Gasteiger partial charge >= 0.3 is 5.97 Å². The summed E-state index contributed by atoms with van der Waals surface area (Å²) in [7, 11) is -0.182. The average molecular weight is 545 g/mol. The Labute approximate surface area is 220 Å². The van der Waals surface area contributed by atoms with E-state index in [0.717, 1.165) is 4.31 Å². The molecule has 0 saturated heterocycles. The third-order valence-corrected chi connectivity index (χ3v) is 7.55. The van der Waals surface area contributed by atoms with Gasteiger partial charge in [-0.25, -0.2) is 13.2 Å². The number of sulfonamides is 1. The molecule has 9 nitrogen and oxygen atoms in total. The predicted molar refractivity (Wildman–Crippen MR) is 141 cm³/mol. The number of carbonyl (C=O) groups excluding carboxylic acids is 2. The topological polar surface area (TPSA) is 111 Å². The maximum absolute atomic E-state index is 13.6. The number of nitrogens with one attached hydrogen (secondary N) is 1. The molecule has 0 aliphatic rings. The van der Waals surface area contributed by atoms with Crippen LogP contribution in [-0.2, 0) is 14.8 Å². The maximum Gasteiger partial charge on any atom is 0.340 e. The minimum Gasteiger partial charge on any atom is -0.493 e. The fraction of sp³-hybridized carbons (Fsp3) is 0.154. The van der Waals surface area contributed by atoms with Gasteiger partial charge in [0.15, 0.2) is 11.5 Å². The summed E-state index contributed by atoms with van der Waals surface area (Å²) in [4.78, 5) is 25.3. The van der Waals surface area contributed by atoms with Gasteiger partial charge in [0.25, 0.3) is 15.9 Å². The summed E-state index contributed by atoms with van der Waals surface area (Å²) >= 11 is 6.28.